The molecular weight excluding hydrogens is 387 g/mol. The monoisotopic (exact) mass is 414 g/mol. The number of hydrogen-bond acceptors (Lipinski definition) is 10. The zero-order chi connectivity index (χ0) is 19.7. The number of aliphatic imine (C=N–C) groups is 2. The van der Waals surface area contributed by atoms with Crippen LogP contribution in [0, 0.1) is 0 Å². The standard InChI is InChI=1S/C10H15NO5.C6H11NO3.K.H/c1-6-11-9(4-14-6)10(16-8(3)13)5-15-7(2)12;1-4-7-5(3-10-4)6(9)2-8;;/h9-10H,4-5H2,1-3H3;5-6,8-9H,2-3H2,1H3;;/q;;+1;-1/t9-,10+;5-,6+;;/m00../s1. The van der Waals surface area contributed by atoms with Gasteiger partial charge in [0.1, 0.15) is 38.0 Å². The van der Waals surface area contributed by atoms with Crippen LogP contribution in [0.1, 0.15) is 29.1 Å². The third-order valence-electron chi connectivity index (χ3n) is 3.45. The SMILES string of the molecule is CC(=O)OC[C@@H](OC(C)=O)[C@@H]1COC(C)=N1.CC1=N[C@H]([C@H](O)CO)CO1.[H-].[K+]. The number of nitrogens with zero attached hydrogens (tertiary/aromatic N) is 2. The van der Waals surface area contributed by atoms with Crippen LogP contribution in [0.4, 0.5) is 0 Å². The number of rotatable bonds is 6. The molecule has 2 heterocycles. The molecule has 2 aliphatic heterocycles. The van der Waals surface area contributed by atoms with Gasteiger partial charge in [0.2, 0.25) is 0 Å². The summed E-state index contributed by atoms with van der Waals surface area (Å²) in [5.74, 6) is 0.274. The van der Waals surface area contributed by atoms with E-state index in [4.69, 9.17) is 29.2 Å². The maximum absolute atomic E-state index is 10.9. The smallest absolute Gasteiger partial charge is 1.00 e. The van der Waals surface area contributed by atoms with Gasteiger partial charge in [0.25, 0.3) is 0 Å². The molecule has 0 aliphatic carbocycles. The summed E-state index contributed by atoms with van der Waals surface area (Å²) in [6.45, 7) is 6.50. The van der Waals surface area contributed by atoms with E-state index in [1.807, 2.05) is 0 Å². The topological polar surface area (TPSA) is 136 Å². The molecule has 0 aromatic heterocycles. The molecule has 0 fully saturated rings. The van der Waals surface area contributed by atoms with Gasteiger partial charge >= 0.3 is 63.3 Å². The minimum Gasteiger partial charge on any atom is -1.00 e. The van der Waals surface area contributed by atoms with Crippen LogP contribution >= 0.6 is 0 Å². The Morgan fingerprint density at radius 2 is 1.67 bits per heavy atom. The second kappa shape index (κ2) is 13.6. The Morgan fingerprint density at radius 3 is 2.04 bits per heavy atom. The number of carbonyl (C=O) groups excluding carboxylic acids is 2. The molecule has 0 amide bonds. The van der Waals surface area contributed by atoms with E-state index < -0.39 is 24.1 Å². The Balaban J connectivity index is 0. The average Bonchev–Trinajstić information content (AvgIpc) is 3.19. The summed E-state index contributed by atoms with van der Waals surface area (Å²) in [6, 6.07) is -0.576. The molecule has 0 bridgehead atoms. The number of aliphatic hydroxyl groups excluding tert-OH is 2. The average molecular weight is 414 g/mol. The number of esters is 2. The molecule has 0 radical (unpaired) electrons. The Labute approximate surface area is 202 Å². The number of hydrogen-bond donors (Lipinski definition) is 2. The zero-order valence-electron chi connectivity index (χ0n) is 17.4. The predicted octanol–water partition coefficient (Wildman–Crippen LogP) is -3.43. The summed E-state index contributed by atoms with van der Waals surface area (Å²) in [7, 11) is 0. The van der Waals surface area contributed by atoms with E-state index in [9.17, 15) is 9.59 Å². The predicted molar refractivity (Wildman–Crippen MR) is 92.1 cm³/mol. The Hall–Kier alpha value is -0.564. The van der Waals surface area contributed by atoms with Gasteiger partial charge in [-0.05, 0) is 0 Å². The molecule has 0 saturated heterocycles. The summed E-state index contributed by atoms with van der Waals surface area (Å²) in [5, 5.41) is 17.5. The van der Waals surface area contributed by atoms with E-state index >= 15 is 0 Å². The zero-order valence-corrected chi connectivity index (χ0v) is 19.5. The third kappa shape index (κ3) is 10.5. The van der Waals surface area contributed by atoms with E-state index in [0.29, 0.717) is 25.0 Å². The molecule has 4 atom stereocenters. The third-order valence-corrected chi connectivity index (χ3v) is 3.45. The second-order valence-corrected chi connectivity index (χ2v) is 5.75. The van der Waals surface area contributed by atoms with Crippen LogP contribution in [0.3, 0.4) is 0 Å². The normalized spacial score (nSPS) is 22.4. The second-order valence-electron chi connectivity index (χ2n) is 5.75. The van der Waals surface area contributed by atoms with Gasteiger partial charge < -0.3 is 30.6 Å². The molecule has 0 saturated carbocycles. The fourth-order valence-corrected chi connectivity index (χ4v) is 2.17. The van der Waals surface area contributed by atoms with Crippen molar-refractivity contribution in [3.63, 3.8) is 0 Å². The van der Waals surface area contributed by atoms with Crippen LogP contribution in [0.2, 0.25) is 0 Å². The van der Waals surface area contributed by atoms with Gasteiger partial charge in [-0.3, -0.25) is 9.59 Å². The molecular formula is C16H27KN2O8. The first kappa shape index (κ1) is 26.4. The maximum Gasteiger partial charge on any atom is 1.00 e. The van der Waals surface area contributed by atoms with E-state index in [-0.39, 0.29) is 78.1 Å². The molecule has 0 aromatic carbocycles. The van der Waals surface area contributed by atoms with Crippen LogP contribution in [0.25, 0.3) is 0 Å². The first-order valence-corrected chi connectivity index (χ1v) is 8.16. The van der Waals surface area contributed by atoms with Crippen LogP contribution in [-0.4, -0.2) is 84.7 Å². The summed E-state index contributed by atoms with van der Waals surface area (Å²) < 4.78 is 20.0. The van der Waals surface area contributed by atoms with Crippen molar-refractivity contribution in [3.8, 4) is 0 Å². The van der Waals surface area contributed by atoms with E-state index in [1.54, 1.807) is 13.8 Å². The Kier molecular flexibility index (Phi) is 13.3. The van der Waals surface area contributed by atoms with Crippen molar-refractivity contribution in [2.75, 3.05) is 26.4 Å². The van der Waals surface area contributed by atoms with Crippen LogP contribution in [-0.2, 0) is 28.5 Å². The molecule has 10 nitrogen and oxygen atoms in total. The summed E-state index contributed by atoms with van der Waals surface area (Å²) >= 11 is 0. The number of ether oxygens (including phenoxy) is 4. The van der Waals surface area contributed by atoms with Crippen LogP contribution < -0.4 is 51.4 Å². The van der Waals surface area contributed by atoms with Crippen molar-refractivity contribution in [2.24, 2.45) is 9.98 Å². The van der Waals surface area contributed by atoms with Crippen molar-refractivity contribution >= 4 is 23.7 Å². The molecule has 2 N–H and O–H groups in total. The fraction of sp³-hybridized carbons (Fsp3) is 0.750. The van der Waals surface area contributed by atoms with Gasteiger partial charge in [-0.25, -0.2) is 9.98 Å². The molecule has 11 heteroatoms. The van der Waals surface area contributed by atoms with Crippen molar-refractivity contribution in [1.82, 2.24) is 0 Å². The van der Waals surface area contributed by atoms with Crippen molar-refractivity contribution < 1.29 is 91.6 Å². The molecule has 2 aliphatic rings. The summed E-state index contributed by atoms with van der Waals surface area (Å²) in [5.41, 5.74) is 0. The summed E-state index contributed by atoms with van der Waals surface area (Å²) in [6.07, 6.45) is -1.36. The van der Waals surface area contributed by atoms with Gasteiger partial charge in [-0.1, -0.05) is 0 Å². The molecule has 0 aromatic rings. The number of carbonyl (C=O) groups is 2. The quantitative estimate of drug-likeness (QED) is 0.339. The first-order chi connectivity index (χ1) is 12.2. The van der Waals surface area contributed by atoms with Gasteiger partial charge in [0.05, 0.1) is 6.61 Å². The van der Waals surface area contributed by atoms with E-state index in [2.05, 4.69) is 9.98 Å². The molecule has 0 unspecified atom stereocenters. The minimum atomic E-state index is -0.780. The largest absolute Gasteiger partial charge is 1.00 e. The van der Waals surface area contributed by atoms with Gasteiger partial charge in [0, 0.05) is 27.7 Å². The summed E-state index contributed by atoms with van der Waals surface area (Å²) in [4.78, 5) is 29.7. The molecule has 2 rings (SSSR count). The molecule has 27 heavy (non-hydrogen) atoms. The van der Waals surface area contributed by atoms with Crippen LogP contribution in [0.5, 0.6) is 0 Å². The van der Waals surface area contributed by atoms with E-state index in [0.717, 1.165) is 0 Å². The van der Waals surface area contributed by atoms with Gasteiger partial charge in [0.15, 0.2) is 17.9 Å². The van der Waals surface area contributed by atoms with Crippen molar-refractivity contribution in [2.45, 2.75) is 52.0 Å². The van der Waals surface area contributed by atoms with Gasteiger partial charge in [-0.2, -0.15) is 0 Å². The van der Waals surface area contributed by atoms with Crippen molar-refractivity contribution in [3.05, 3.63) is 0 Å². The van der Waals surface area contributed by atoms with Crippen LogP contribution in [0.15, 0.2) is 9.98 Å². The van der Waals surface area contributed by atoms with E-state index in [1.165, 1.54) is 13.8 Å². The maximum atomic E-state index is 10.9. The first-order valence-electron chi connectivity index (χ1n) is 8.16. The number of aliphatic hydroxyl groups is 2. The molecule has 150 valence electrons. The van der Waals surface area contributed by atoms with Crippen molar-refractivity contribution in [1.29, 1.82) is 0 Å². The molecule has 0 spiro atoms. The van der Waals surface area contributed by atoms with Gasteiger partial charge in [-0.15, -0.1) is 0 Å². The minimum absolute atomic E-state index is 0. The fourth-order valence-electron chi connectivity index (χ4n) is 2.17. The Bertz CT molecular complexity index is 561. The Morgan fingerprint density at radius 1 is 1.15 bits per heavy atom.